The van der Waals surface area contributed by atoms with Crippen LogP contribution in [0.2, 0.25) is 5.02 Å². The fraction of sp³-hybridized carbons (Fsp3) is 0.500. The highest BCUT2D eigenvalue weighted by Gasteiger charge is 2.49. The Bertz CT molecular complexity index is 1250. The summed E-state index contributed by atoms with van der Waals surface area (Å²) >= 11 is 6.35. The molecule has 1 aliphatic heterocycles. The lowest BCUT2D eigenvalue weighted by molar-refractivity contribution is -0.781. The number of anilines is 1. The number of hydrogen-bond donors (Lipinski definition) is 2. The van der Waals surface area contributed by atoms with E-state index >= 15 is 0 Å². The quantitative estimate of drug-likeness (QED) is 0.185. The molecule has 198 valence electrons. The summed E-state index contributed by atoms with van der Waals surface area (Å²) in [5.74, 6) is 5.49. The molecule has 0 aromatic heterocycles. The summed E-state index contributed by atoms with van der Waals surface area (Å²) in [6.07, 6.45) is 0. The second-order valence-corrected chi connectivity index (χ2v) is 13.1. The van der Waals surface area contributed by atoms with Crippen LogP contribution in [-0.4, -0.2) is 76.4 Å². The first kappa shape index (κ1) is 28.2. The molecule has 0 bridgehead atoms. The molecule has 1 aliphatic rings. The molecule has 36 heavy (non-hydrogen) atoms. The fourth-order valence-corrected chi connectivity index (χ4v) is 7.38. The van der Waals surface area contributed by atoms with E-state index in [1.54, 1.807) is 32.3 Å². The number of likely N-dealkylation sites (N-methyl/N-ethyl adjacent to an activating group) is 2. The standard InChI is InChI=1S/C26H40ClN6O2S/c1-17-8-9-18(2)24(19(17)3)20(4)25(26(28)30-29)33(6,7)36(34,35)23-11-10-21(27)16-22(23)32-14-12-31(5)13-15-32/h8-11,16,20,25H,12-15,29H2,1-7H3,(H2,28,30)/q+1. The van der Waals surface area contributed by atoms with Gasteiger partial charge in [-0.3, -0.25) is 0 Å². The number of amidine groups is 1. The summed E-state index contributed by atoms with van der Waals surface area (Å²) < 4.78 is 28.5. The topological polar surface area (TPSA) is 105 Å². The van der Waals surface area contributed by atoms with E-state index in [9.17, 15) is 8.42 Å². The molecule has 2 aromatic rings. The zero-order valence-electron chi connectivity index (χ0n) is 22.4. The highest BCUT2D eigenvalue weighted by Crippen LogP contribution is 2.39. The maximum absolute atomic E-state index is 14.5. The van der Waals surface area contributed by atoms with Crippen molar-refractivity contribution in [1.82, 2.24) is 4.90 Å². The molecule has 0 aliphatic carbocycles. The predicted octanol–water partition coefficient (Wildman–Crippen LogP) is 3.19. The molecule has 2 atom stereocenters. The van der Waals surface area contributed by atoms with Gasteiger partial charge in [-0.05, 0) is 68.3 Å². The van der Waals surface area contributed by atoms with Gasteiger partial charge in [0.1, 0.15) is 4.90 Å². The Morgan fingerprint density at radius 2 is 1.64 bits per heavy atom. The molecule has 3 rings (SSSR count). The molecule has 1 saturated heterocycles. The number of benzene rings is 2. The molecule has 0 radical (unpaired) electrons. The normalized spacial score (nSPS) is 17.8. The predicted molar refractivity (Wildman–Crippen MR) is 149 cm³/mol. The third kappa shape index (κ3) is 5.07. The lowest BCUT2D eigenvalue weighted by atomic mass is 9.84. The van der Waals surface area contributed by atoms with Gasteiger partial charge in [0.2, 0.25) is 0 Å². The van der Waals surface area contributed by atoms with Crippen LogP contribution in [0.15, 0.2) is 40.3 Å². The fourth-order valence-electron chi connectivity index (χ4n) is 5.43. The number of hydrazone groups is 1. The third-order valence-electron chi connectivity index (χ3n) is 7.72. The van der Waals surface area contributed by atoms with E-state index in [2.05, 4.69) is 41.0 Å². The smallest absolute Gasteiger partial charge is 0.329 e. The monoisotopic (exact) mass is 535 g/mol. The summed E-state index contributed by atoms with van der Waals surface area (Å²) in [7, 11) is 1.40. The molecule has 4 N–H and O–H groups in total. The van der Waals surface area contributed by atoms with Gasteiger partial charge in [0, 0.05) is 37.1 Å². The SMILES string of the molecule is Cc1ccc(C)c(C(C)C(/C(N)=N/N)[N+](C)(C)S(=O)(=O)c2ccc(Cl)cc2N2CCN(C)CC2)c1C. The zero-order chi connectivity index (χ0) is 27.0. The van der Waals surface area contributed by atoms with E-state index < -0.39 is 20.0 Å². The Labute approximate surface area is 221 Å². The first-order valence-electron chi connectivity index (χ1n) is 12.2. The molecule has 0 spiro atoms. The first-order chi connectivity index (χ1) is 16.7. The van der Waals surface area contributed by atoms with E-state index in [-0.39, 0.29) is 16.6 Å². The van der Waals surface area contributed by atoms with Crippen molar-refractivity contribution in [3.8, 4) is 0 Å². The number of aryl methyl sites for hydroxylation is 2. The van der Waals surface area contributed by atoms with E-state index in [1.165, 1.54) is 0 Å². The van der Waals surface area contributed by atoms with Crippen molar-refractivity contribution in [2.24, 2.45) is 16.7 Å². The summed E-state index contributed by atoms with van der Waals surface area (Å²) in [5.41, 5.74) is 11.4. The van der Waals surface area contributed by atoms with Gasteiger partial charge in [0.15, 0.2) is 11.9 Å². The van der Waals surface area contributed by atoms with Gasteiger partial charge in [0.25, 0.3) is 0 Å². The molecular weight excluding hydrogens is 496 g/mol. The highest BCUT2D eigenvalue weighted by molar-refractivity contribution is 7.86. The molecule has 1 heterocycles. The number of nitrogens with zero attached hydrogens (tertiary/aromatic N) is 4. The van der Waals surface area contributed by atoms with Gasteiger partial charge in [0.05, 0.1) is 19.8 Å². The maximum Gasteiger partial charge on any atom is 0.329 e. The van der Waals surface area contributed by atoms with Crippen LogP contribution in [0, 0.1) is 20.8 Å². The molecule has 10 heteroatoms. The number of piperazine rings is 1. The summed E-state index contributed by atoms with van der Waals surface area (Å²) in [5, 5.41) is 4.30. The molecule has 2 unspecified atom stereocenters. The van der Waals surface area contributed by atoms with Crippen LogP contribution in [0.5, 0.6) is 0 Å². The zero-order valence-corrected chi connectivity index (χ0v) is 24.0. The van der Waals surface area contributed by atoms with Crippen molar-refractivity contribution in [3.63, 3.8) is 0 Å². The van der Waals surface area contributed by atoms with E-state index in [4.69, 9.17) is 23.2 Å². The lowest BCUT2D eigenvalue weighted by Gasteiger charge is -2.41. The Balaban J connectivity index is 2.17. The van der Waals surface area contributed by atoms with E-state index in [1.807, 2.05) is 20.8 Å². The Kier molecular flexibility index (Phi) is 8.30. The summed E-state index contributed by atoms with van der Waals surface area (Å²) in [6.45, 7) is 11.2. The van der Waals surface area contributed by atoms with Crippen LogP contribution < -0.4 is 16.5 Å². The van der Waals surface area contributed by atoms with Crippen molar-refractivity contribution in [1.29, 1.82) is 0 Å². The van der Waals surface area contributed by atoms with Gasteiger partial charge < -0.3 is 21.4 Å². The largest absolute Gasteiger partial charge is 0.381 e. The Hall–Kier alpha value is -2.33. The number of nitrogens with two attached hydrogens (primary N) is 2. The maximum atomic E-state index is 14.5. The minimum atomic E-state index is -3.98. The molecule has 1 fully saturated rings. The highest BCUT2D eigenvalue weighted by atomic mass is 35.5. The summed E-state index contributed by atoms with van der Waals surface area (Å²) in [4.78, 5) is 4.53. The van der Waals surface area contributed by atoms with Gasteiger partial charge >= 0.3 is 10.0 Å². The van der Waals surface area contributed by atoms with Crippen LogP contribution in [0.3, 0.4) is 0 Å². The number of halogens is 1. The van der Waals surface area contributed by atoms with Gasteiger partial charge in [-0.1, -0.05) is 30.7 Å². The second-order valence-electron chi connectivity index (χ2n) is 10.3. The van der Waals surface area contributed by atoms with Gasteiger partial charge in [-0.15, -0.1) is 0 Å². The average molecular weight is 536 g/mol. The van der Waals surface area contributed by atoms with Crippen LogP contribution in [0.25, 0.3) is 0 Å². The first-order valence-corrected chi connectivity index (χ1v) is 14.0. The molecular formula is C26H40ClN6O2S+. The van der Waals surface area contributed by atoms with Gasteiger partial charge in [-0.25, -0.2) is 3.89 Å². The molecule has 8 nitrogen and oxygen atoms in total. The second kappa shape index (κ2) is 10.6. The average Bonchev–Trinajstić information content (AvgIpc) is 2.81. The number of rotatable bonds is 7. The minimum Gasteiger partial charge on any atom is -0.381 e. The molecule has 2 aromatic carbocycles. The lowest BCUT2D eigenvalue weighted by Crippen LogP contribution is -2.60. The minimum absolute atomic E-state index is 0.0893. The summed E-state index contributed by atoms with van der Waals surface area (Å²) in [6, 6.07) is 8.37. The van der Waals surface area contributed by atoms with E-state index in [0.717, 1.165) is 35.3 Å². The van der Waals surface area contributed by atoms with Crippen LogP contribution >= 0.6 is 11.6 Å². The van der Waals surface area contributed by atoms with Crippen molar-refractivity contribution in [3.05, 3.63) is 57.6 Å². The Morgan fingerprint density at radius 1 is 1.06 bits per heavy atom. The van der Waals surface area contributed by atoms with Gasteiger partial charge in [-0.2, -0.15) is 13.5 Å². The number of hydrogen-bond acceptors (Lipinski definition) is 6. The van der Waals surface area contributed by atoms with Crippen molar-refractivity contribution < 1.29 is 12.3 Å². The number of quaternary nitrogens is 1. The van der Waals surface area contributed by atoms with Crippen LogP contribution in [0.4, 0.5) is 5.69 Å². The van der Waals surface area contributed by atoms with E-state index in [0.29, 0.717) is 23.8 Å². The van der Waals surface area contributed by atoms with Crippen molar-refractivity contribution in [2.75, 3.05) is 52.2 Å². The molecule has 0 saturated carbocycles. The number of sulfonamides is 1. The Morgan fingerprint density at radius 3 is 2.22 bits per heavy atom. The van der Waals surface area contributed by atoms with Crippen molar-refractivity contribution in [2.45, 2.75) is 44.6 Å². The molecule has 0 amide bonds. The van der Waals surface area contributed by atoms with Crippen LogP contribution in [-0.2, 0) is 10.0 Å². The van der Waals surface area contributed by atoms with Crippen molar-refractivity contribution >= 4 is 33.1 Å². The third-order valence-corrected chi connectivity index (χ3v) is 10.3. The van der Waals surface area contributed by atoms with Crippen LogP contribution in [0.1, 0.15) is 35.1 Å².